The molecule has 0 aliphatic carbocycles. The van der Waals surface area contributed by atoms with Crippen molar-refractivity contribution in [3.63, 3.8) is 0 Å². The molecule has 0 aromatic rings. The van der Waals surface area contributed by atoms with Gasteiger partial charge in [-0.15, -0.1) is 0 Å². The summed E-state index contributed by atoms with van der Waals surface area (Å²) in [6.07, 6.45) is 2.26. The van der Waals surface area contributed by atoms with Crippen molar-refractivity contribution in [3.8, 4) is 0 Å². The molecule has 1 rings (SSSR count). The maximum Gasteiger partial charge on any atom is 0.318 e. The van der Waals surface area contributed by atoms with E-state index in [4.69, 9.17) is 5.11 Å². The summed E-state index contributed by atoms with van der Waals surface area (Å²) in [7, 11) is 0. The molecule has 0 saturated carbocycles. The Morgan fingerprint density at radius 1 is 1.50 bits per heavy atom. The number of aliphatic carboxylic acids is 1. The van der Waals surface area contributed by atoms with Crippen LogP contribution in [-0.4, -0.2) is 53.1 Å². The van der Waals surface area contributed by atoms with Gasteiger partial charge in [-0.05, 0) is 12.8 Å². The molecule has 1 saturated heterocycles. The summed E-state index contributed by atoms with van der Waals surface area (Å²) in [6.45, 7) is 4.71. The first-order chi connectivity index (χ1) is 9.49. The number of piperazine rings is 1. The third-order valence-corrected chi connectivity index (χ3v) is 3.42. The fraction of sp³-hybridized carbons (Fsp3) is 0.769. The van der Waals surface area contributed by atoms with Crippen molar-refractivity contribution in [2.45, 2.75) is 51.6 Å². The van der Waals surface area contributed by atoms with E-state index in [1.165, 1.54) is 4.90 Å². The lowest BCUT2D eigenvalue weighted by Gasteiger charge is -2.35. The average molecular weight is 285 g/mol. The van der Waals surface area contributed by atoms with Gasteiger partial charge in [-0.2, -0.15) is 0 Å². The highest BCUT2D eigenvalue weighted by Gasteiger charge is 2.35. The van der Waals surface area contributed by atoms with Gasteiger partial charge in [0.2, 0.25) is 5.91 Å². The number of hydrogen-bond acceptors (Lipinski definition) is 3. The number of carboxylic acid groups (broad SMARTS) is 1. The van der Waals surface area contributed by atoms with Gasteiger partial charge < -0.3 is 20.6 Å². The lowest BCUT2D eigenvalue weighted by Crippen LogP contribution is -2.60. The number of carbonyl (C=O) groups excluding carboxylic acids is 2. The second-order valence-corrected chi connectivity index (χ2v) is 4.94. The molecule has 1 aliphatic heterocycles. The number of nitrogens with zero attached hydrogens (tertiary/aromatic N) is 1. The number of hydrogen-bond donors (Lipinski definition) is 3. The van der Waals surface area contributed by atoms with Crippen molar-refractivity contribution in [1.29, 1.82) is 0 Å². The molecule has 1 heterocycles. The predicted octanol–water partition coefficient (Wildman–Crippen LogP) is 0.550. The van der Waals surface area contributed by atoms with Gasteiger partial charge in [0, 0.05) is 19.1 Å². The molecular formula is C13H23N3O4. The van der Waals surface area contributed by atoms with E-state index in [0.717, 1.165) is 19.3 Å². The standard InChI is InChI=1S/C13H23N3O4/c1-3-5-9(4-2)15-13(20)16-7-6-14-12(19)10(16)8-11(17)18/h9-10H,3-8H2,1-2H3,(H,14,19)(H,15,20)(H,17,18). The topological polar surface area (TPSA) is 98.7 Å². The Hall–Kier alpha value is -1.79. The van der Waals surface area contributed by atoms with Crippen molar-refractivity contribution in [2.75, 3.05) is 13.1 Å². The zero-order valence-electron chi connectivity index (χ0n) is 12.0. The molecule has 0 aromatic carbocycles. The molecule has 3 N–H and O–H groups in total. The highest BCUT2D eigenvalue weighted by molar-refractivity contribution is 5.91. The molecule has 2 unspecified atom stereocenters. The average Bonchev–Trinajstić information content (AvgIpc) is 2.39. The lowest BCUT2D eigenvalue weighted by molar-refractivity contribution is -0.142. The SMILES string of the molecule is CCCC(CC)NC(=O)N1CCNC(=O)C1CC(=O)O. The van der Waals surface area contributed by atoms with Crippen LogP contribution in [0.2, 0.25) is 0 Å². The Bertz CT molecular complexity index is 373. The first-order valence-corrected chi connectivity index (χ1v) is 7.06. The van der Waals surface area contributed by atoms with Crippen LogP contribution in [0.15, 0.2) is 0 Å². The quantitative estimate of drug-likeness (QED) is 0.663. The molecule has 1 aliphatic rings. The molecule has 3 amide bonds. The maximum absolute atomic E-state index is 12.2. The van der Waals surface area contributed by atoms with Gasteiger partial charge in [0.15, 0.2) is 0 Å². The minimum Gasteiger partial charge on any atom is -0.481 e. The normalized spacial score (nSPS) is 20.2. The Morgan fingerprint density at radius 3 is 2.75 bits per heavy atom. The Kier molecular flexibility index (Phi) is 6.27. The monoisotopic (exact) mass is 285 g/mol. The zero-order valence-corrected chi connectivity index (χ0v) is 12.0. The molecule has 0 radical (unpaired) electrons. The van der Waals surface area contributed by atoms with Crippen LogP contribution in [0.5, 0.6) is 0 Å². The maximum atomic E-state index is 12.2. The van der Waals surface area contributed by atoms with E-state index < -0.39 is 17.9 Å². The second kappa shape index (κ2) is 7.72. The Balaban J connectivity index is 2.71. The van der Waals surface area contributed by atoms with Crippen molar-refractivity contribution in [3.05, 3.63) is 0 Å². The van der Waals surface area contributed by atoms with Gasteiger partial charge in [0.05, 0.1) is 6.42 Å². The van der Waals surface area contributed by atoms with Crippen molar-refractivity contribution >= 4 is 17.9 Å². The third-order valence-electron chi connectivity index (χ3n) is 3.42. The van der Waals surface area contributed by atoms with Crippen LogP contribution in [-0.2, 0) is 9.59 Å². The van der Waals surface area contributed by atoms with E-state index >= 15 is 0 Å². The summed E-state index contributed by atoms with van der Waals surface area (Å²) < 4.78 is 0. The summed E-state index contributed by atoms with van der Waals surface area (Å²) in [5, 5.41) is 14.3. The van der Waals surface area contributed by atoms with E-state index in [9.17, 15) is 14.4 Å². The van der Waals surface area contributed by atoms with E-state index in [0.29, 0.717) is 13.1 Å². The minimum absolute atomic E-state index is 0.0583. The molecule has 1 fully saturated rings. The molecule has 2 atom stereocenters. The molecule has 20 heavy (non-hydrogen) atoms. The first-order valence-electron chi connectivity index (χ1n) is 7.06. The molecular weight excluding hydrogens is 262 g/mol. The molecule has 0 aromatic heterocycles. The van der Waals surface area contributed by atoms with Gasteiger partial charge >= 0.3 is 12.0 Å². The van der Waals surface area contributed by atoms with E-state index in [1.807, 2.05) is 13.8 Å². The third kappa shape index (κ3) is 4.40. The predicted molar refractivity (Wildman–Crippen MR) is 73.3 cm³/mol. The van der Waals surface area contributed by atoms with Crippen LogP contribution in [0.4, 0.5) is 4.79 Å². The summed E-state index contributed by atoms with van der Waals surface area (Å²) >= 11 is 0. The number of amides is 3. The van der Waals surface area contributed by atoms with Crippen LogP contribution in [0, 0.1) is 0 Å². The van der Waals surface area contributed by atoms with Crippen LogP contribution >= 0.6 is 0 Å². The van der Waals surface area contributed by atoms with Crippen molar-refractivity contribution < 1.29 is 19.5 Å². The fourth-order valence-electron chi connectivity index (χ4n) is 2.31. The number of urea groups is 1. The molecule has 114 valence electrons. The van der Waals surface area contributed by atoms with Gasteiger partial charge in [0.1, 0.15) is 6.04 Å². The zero-order chi connectivity index (χ0) is 15.1. The summed E-state index contributed by atoms with van der Waals surface area (Å²) in [4.78, 5) is 36.1. The molecule has 0 bridgehead atoms. The number of carboxylic acids is 1. The smallest absolute Gasteiger partial charge is 0.318 e. The second-order valence-electron chi connectivity index (χ2n) is 4.94. The van der Waals surface area contributed by atoms with Crippen molar-refractivity contribution in [2.24, 2.45) is 0 Å². The van der Waals surface area contributed by atoms with Crippen LogP contribution in [0.3, 0.4) is 0 Å². The van der Waals surface area contributed by atoms with Gasteiger partial charge in [-0.3, -0.25) is 9.59 Å². The van der Waals surface area contributed by atoms with Crippen LogP contribution in [0.1, 0.15) is 39.5 Å². The molecule has 7 heteroatoms. The first kappa shape index (κ1) is 16.3. The van der Waals surface area contributed by atoms with E-state index in [-0.39, 0.29) is 18.5 Å². The Morgan fingerprint density at radius 2 is 2.20 bits per heavy atom. The van der Waals surface area contributed by atoms with Gasteiger partial charge in [0.25, 0.3) is 0 Å². The van der Waals surface area contributed by atoms with Gasteiger partial charge in [-0.25, -0.2) is 4.79 Å². The fourth-order valence-corrected chi connectivity index (χ4v) is 2.31. The number of rotatable bonds is 6. The van der Waals surface area contributed by atoms with Crippen LogP contribution < -0.4 is 10.6 Å². The number of carbonyl (C=O) groups is 3. The molecule has 7 nitrogen and oxygen atoms in total. The largest absolute Gasteiger partial charge is 0.481 e. The summed E-state index contributed by atoms with van der Waals surface area (Å²) in [5.41, 5.74) is 0. The van der Waals surface area contributed by atoms with E-state index in [1.54, 1.807) is 0 Å². The highest BCUT2D eigenvalue weighted by atomic mass is 16.4. The van der Waals surface area contributed by atoms with Gasteiger partial charge in [-0.1, -0.05) is 20.3 Å². The molecule has 0 spiro atoms. The highest BCUT2D eigenvalue weighted by Crippen LogP contribution is 2.11. The van der Waals surface area contributed by atoms with E-state index in [2.05, 4.69) is 10.6 Å². The Labute approximate surface area is 118 Å². The van der Waals surface area contributed by atoms with Crippen molar-refractivity contribution in [1.82, 2.24) is 15.5 Å². The minimum atomic E-state index is -1.09. The summed E-state index contributed by atoms with van der Waals surface area (Å²) in [5.74, 6) is -1.50. The summed E-state index contributed by atoms with van der Waals surface area (Å²) in [6, 6.07) is -1.23. The van der Waals surface area contributed by atoms with Crippen LogP contribution in [0.25, 0.3) is 0 Å². The lowest BCUT2D eigenvalue weighted by atomic mass is 10.1. The number of nitrogens with one attached hydrogen (secondary N) is 2.